The molecule has 0 radical (unpaired) electrons. The minimum Gasteiger partial charge on any atom is -0.458 e. The molecule has 4 aliphatic carbocycles. The summed E-state index contributed by atoms with van der Waals surface area (Å²) < 4.78 is 5.86. The predicted octanol–water partition coefficient (Wildman–Crippen LogP) is 4.92. The van der Waals surface area contributed by atoms with Crippen molar-refractivity contribution in [1.82, 2.24) is 4.90 Å². The molecule has 1 heterocycles. The molecular formula is C27H36N2O5. The normalized spacial score (nSPS) is 35.3. The van der Waals surface area contributed by atoms with Gasteiger partial charge in [-0.25, -0.2) is 4.79 Å². The Hall–Kier alpha value is -2.44. The van der Waals surface area contributed by atoms with Gasteiger partial charge in [0.2, 0.25) is 11.9 Å². The molecule has 4 saturated carbocycles. The Bertz CT molecular complexity index is 948. The quantitative estimate of drug-likeness (QED) is 0.347. The molecule has 6 rings (SSSR count). The lowest BCUT2D eigenvalue weighted by molar-refractivity contribution is -0.541. The number of nitrogens with zero attached hydrogens (tertiary/aromatic N) is 2. The van der Waals surface area contributed by atoms with E-state index in [1.54, 1.807) is 4.90 Å². The molecule has 184 valence electrons. The van der Waals surface area contributed by atoms with E-state index in [0.717, 1.165) is 56.9 Å². The molecule has 1 aromatic rings. The third kappa shape index (κ3) is 3.81. The maximum atomic E-state index is 14.1. The van der Waals surface area contributed by atoms with Gasteiger partial charge in [-0.05, 0) is 69.8 Å². The second kappa shape index (κ2) is 8.35. The van der Waals surface area contributed by atoms with Crippen molar-refractivity contribution < 1.29 is 19.2 Å². The maximum absolute atomic E-state index is 14.1. The molecule has 1 saturated heterocycles. The molecule has 34 heavy (non-hydrogen) atoms. The summed E-state index contributed by atoms with van der Waals surface area (Å²) in [6.45, 7) is 5.43. The van der Waals surface area contributed by atoms with Gasteiger partial charge in [0.1, 0.15) is 17.7 Å². The first kappa shape index (κ1) is 23.3. The molecule has 0 aromatic heterocycles. The topological polar surface area (TPSA) is 89.8 Å². The van der Waals surface area contributed by atoms with E-state index < -0.39 is 35.6 Å². The van der Waals surface area contributed by atoms with Crippen molar-refractivity contribution in [3.8, 4) is 0 Å². The van der Waals surface area contributed by atoms with Crippen molar-refractivity contribution in [2.75, 3.05) is 0 Å². The van der Waals surface area contributed by atoms with Crippen LogP contribution in [0.15, 0.2) is 30.3 Å². The largest absolute Gasteiger partial charge is 0.458 e. The Kier molecular flexibility index (Phi) is 5.72. The highest BCUT2D eigenvalue weighted by atomic mass is 16.6. The summed E-state index contributed by atoms with van der Waals surface area (Å²) in [6, 6.07) is 6.60. The lowest BCUT2D eigenvalue weighted by atomic mass is 9.39. The Labute approximate surface area is 201 Å². The molecule has 5 fully saturated rings. The smallest absolute Gasteiger partial charge is 0.329 e. The van der Waals surface area contributed by atoms with Crippen molar-refractivity contribution in [2.45, 2.75) is 95.9 Å². The standard InChI is InChI=1S/C27H36N2O5/c1-26(2,3)34-25(31)23-20(27-14-17(15-27)16-27)22(29(32)33)21(18-10-6-4-7-11-18)28(23)24(30)19-12-8-5-9-13-19/h4,6-7,10-11,17,19-23H,5,8-9,12-16H2,1-3H3/t17?,20-,21-,22-,23-,27?/m0/s1. The van der Waals surface area contributed by atoms with Gasteiger partial charge in [0, 0.05) is 10.8 Å². The maximum Gasteiger partial charge on any atom is 0.329 e. The van der Waals surface area contributed by atoms with Crippen molar-refractivity contribution in [2.24, 2.45) is 23.2 Å². The van der Waals surface area contributed by atoms with E-state index in [4.69, 9.17) is 4.74 Å². The van der Waals surface area contributed by atoms with Crippen LogP contribution in [0.2, 0.25) is 0 Å². The van der Waals surface area contributed by atoms with Crippen LogP contribution in [0.25, 0.3) is 0 Å². The van der Waals surface area contributed by atoms with E-state index in [2.05, 4.69) is 0 Å². The van der Waals surface area contributed by atoms with E-state index in [1.165, 1.54) is 0 Å². The summed E-state index contributed by atoms with van der Waals surface area (Å²) in [5, 5.41) is 12.7. The highest BCUT2D eigenvalue weighted by Gasteiger charge is 2.73. The number of esters is 1. The van der Waals surface area contributed by atoms with E-state index in [0.29, 0.717) is 5.92 Å². The van der Waals surface area contributed by atoms with Crippen LogP contribution in [-0.2, 0) is 14.3 Å². The van der Waals surface area contributed by atoms with Gasteiger partial charge >= 0.3 is 5.97 Å². The summed E-state index contributed by atoms with van der Waals surface area (Å²) in [6.07, 6.45) is 7.34. The van der Waals surface area contributed by atoms with E-state index >= 15 is 0 Å². The summed E-state index contributed by atoms with van der Waals surface area (Å²) in [4.78, 5) is 42.0. The van der Waals surface area contributed by atoms with Crippen LogP contribution < -0.4 is 0 Å². The summed E-state index contributed by atoms with van der Waals surface area (Å²) in [5.41, 5.74) is -0.246. The molecule has 7 heteroatoms. The molecular weight excluding hydrogens is 432 g/mol. The summed E-state index contributed by atoms with van der Waals surface area (Å²) >= 11 is 0. The molecule has 4 atom stereocenters. The summed E-state index contributed by atoms with van der Waals surface area (Å²) in [5.74, 6) is -0.712. The highest BCUT2D eigenvalue weighted by Crippen LogP contribution is 2.72. The number of carbonyl (C=O) groups excluding carboxylic acids is 2. The number of carbonyl (C=O) groups is 2. The fraction of sp³-hybridized carbons (Fsp3) is 0.704. The van der Waals surface area contributed by atoms with Gasteiger partial charge in [-0.3, -0.25) is 14.9 Å². The Morgan fingerprint density at radius 2 is 1.68 bits per heavy atom. The Balaban J connectivity index is 1.64. The van der Waals surface area contributed by atoms with E-state index in [-0.39, 0.29) is 22.2 Å². The first-order valence-corrected chi connectivity index (χ1v) is 12.8. The number of nitro groups is 1. The minimum atomic E-state index is -1.02. The number of likely N-dealkylation sites (tertiary alicyclic amines) is 1. The van der Waals surface area contributed by atoms with Crippen molar-refractivity contribution in [3.63, 3.8) is 0 Å². The van der Waals surface area contributed by atoms with Crippen LogP contribution in [-0.4, -0.2) is 39.4 Å². The van der Waals surface area contributed by atoms with E-state index in [1.807, 2.05) is 51.1 Å². The number of hydrogen-bond donors (Lipinski definition) is 0. The molecule has 1 aliphatic heterocycles. The van der Waals surface area contributed by atoms with Gasteiger partial charge in [-0.2, -0.15) is 0 Å². The second-order valence-corrected chi connectivity index (χ2v) is 12.1. The monoisotopic (exact) mass is 468 g/mol. The van der Waals surface area contributed by atoms with Crippen LogP contribution in [0, 0.1) is 33.3 Å². The van der Waals surface area contributed by atoms with Gasteiger partial charge in [0.15, 0.2) is 0 Å². The number of amides is 1. The van der Waals surface area contributed by atoms with Crippen molar-refractivity contribution in [1.29, 1.82) is 0 Å². The number of hydrogen-bond acceptors (Lipinski definition) is 5. The van der Waals surface area contributed by atoms with Gasteiger partial charge in [-0.1, -0.05) is 49.6 Å². The molecule has 0 spiro atoms. The lowest BCUT2D eigenvalue weighted by Crippen LogP contribution is -2.63. The van der Waals surface area contributed by atoms with Gasteiger partial charge in [-0.15, -0.1) is 0 Å². The number of benzene rings is 1. The highest BCUT2D eigenvalue weighted by molar-refractivity contribution is 5.88. The van der Waals surface area contributed by atoms with Crippen LogP contribution in [0.4, 0.5) is 0 Å². The van der Waals surface area contributed by atoms with Gasteiger partial charge < -0.3 is 9.64 Å². The Morgan fingerprint density at radius 1 is 1.06 bits per heavy atom. The van der Waals surface area contributed by atoms with Crippen LogP contribution in [0.1, 0.15) is 83.7 Å². The number of ether oxygens (including phenoxy) is 1. The van der Waals surface area contributed by atoms with Gasteiger partial charge in [0.25, 0.3) is 0 Å². The SMILES string of the molecule is CC(C)(C)OC(=O)[C@@H]1[C@@H](C23CC(C2)C3)[C@H]([N+](=O)[O-])[C@H](c2ccccc2)N1C(=O)C1CCCCC1. The zero-order chi connectivity index (χ0) is 24.3. The number of rotatable bonds is 5. The fourth-order valence-corrected chi connectivity index (χ4v) is 7.26. The van der Waals surface area contributed by atoms with Gasteiger partial charge in [0.05, 0.1) is 5.92 Å². The first-order chi connectivity index (χ1) is 16.1. The third-order valence-electron chi connectivity index (χ3n) is 8.67. The van der Waals surface area contributed by atoms with Crippen molar-refractivity contribution in [3.05, 3.63) is 46.0 Å². The molecule has 0 N–H and O–H groups in total. The predicted molar refractivity (Wildman–Crippen MR) is 126 cm³/mol. The second-order valence-electron chi connectivity index (χ2n) is 12.1. The molecule has 7 nitrogen and oxygen atoms in total. The molecule has 0 unspecified atom stereocenters. The molecule has 1 amide bonds. The minimum absolute atomic E-state index is 0.106. The Morgan fingerprint density at radius 3 is 2.18 bits per heavy atom. The first-order valence-electron chi connectivity index (χ1n) is 12.8. The van der Waals surface area contributed by atoms with Crippen LogP contribution >= 0.6 is 0 Å². The van der Waals surface area contributed by atoms with E-state index in [9.17, 15) is 19.7 Å². The zero-order valence-electron chi connectivity index (χ0n) is 20.4. The molecule has 1 aromatic carbocycles. The third-order valence-corrected chi connectivity index (χ3v) is 8.67. The van der Waals surface area contributed by atoms with Crippen molar-refractivity contribution >= 4 is 11.9 Å². The summed E-state index contributed by atoms with van der Waals surface area (Å²) in [7, 11) is 0. The lowest BCUT2D eigenvalue weighted by Gasteiger charge is -2.65. The van der Waals surface area contributed by atoms with Crippen LogP contribution in [0.5, 0.6) is 0 Å². The van der Waals surface area contributed by atoms with Crippen LogP contribution in [0.3, 0.4) is 0 Å². The fourth-order valence-electron chi connectivity index (χ4n) is 7.26. The average molecular weight is 469 g/mol. The zero-order valence-corrected chi connectivity index (χ0v) is 20.4. The molecule has 2 bridgehead atoms. The molecule has 5 aliphatic rings. The average Bonchev–Trinajstić information content (AvgIpc) is 3.07.